The molecule has 6 nitrogen and oxygen atoms in total. The number of rotatable bonds is 5. The van der Waals surface area contributed by atoms with Crippen LogP contribution in [0.25, 0.3) is 5.69 Å². The van der Waals surface area contributed by atoms with E-state index >= 15 is 0 Å². The minimum atomic E-state index is -0.946. The van der Waals surface area contributed by atoms with Gasteiger partial charge in [-0.15, -0.1) is 10.2 Å². The molecule has 0 radical (unpaired) electrons. The summed E-state index contributed by atoms with van der Waals surface area (Å²) in [6.45, 7) is 1.59. The van der Waals surface area contributed by atoms with Crippen molar-refractivity contribution in [3.63, 3.8) is 0 Å². The van der Waals surface area contributed by atoms with Gasteiger partial charge in [-0.3, -0.25) is 9.36 Å². The molecule has 0 aliphatic carbocycles. The van der Waals surface area contributed by atoms with Gasteiger partial charge in [-0.05, 0) is 24.6 Å². The second kappa shape index (κ2) is 6.25. The Balaban J connectivity index is 2.50. The van der Waals surface area contributed by atoms with Crippen molar-refractivity contribution >= 4 is 29.3 Å². The second-order valence-electron chi connectivity index (χ2n) is 4.01. The van der Waals surface area contributed by atoms with Crippen molar-refractivity contribution in [1.29, 1.82) is 0 Å². The Morgan fingerprint density at radius 3 is 2.85 bits per heavy atom. The van der Waals surface area contributed by atoms with Gasteiger partial charge in [-0.25, -0.2) is 0 Å². The van der Waals surface area contributed by atoms with Crippen molar-refractivity contribution in [3.05, 3.63) is 34.6 Å². The van der Waals surface area contributed by atoms with Crippen LogP contribution in [0.2, 0.25) is 5.02 Å². The van der Waals surface area contributed by atoms with Crippen molar-refractivity contribution in [2.45, 2.75) is 18.7 Å². The Kier molecular flexibility index (Phi) is 4.64. The number of hydrogen-bond acceptors (Lipinski definition) is 5. The number of aliphatic hydroxyl groups excluding tert-OH is 1. The molecular weight excluding hydrogens is 302 g/mol. The van der Waals surface area contributed by atoms with Gasteiger partial charge in [0.2, 0.25) is 0 Å². The number of carboxylic acids is 1. The zero-order valence-corrected chi connectivity index (χ0v) is 12.1. The maximum Gasteiger partial charge on any atom is 0.313 e. The van der Waals surface area contributed by atoms with Gasteiger partial charge in [0, 0.05) is 5.02 Å². The van der Waals surface area contributed by atoms with Gasteiger partial charge in [0.15, 0.2) is 11.0 Å². The first-order chi connectivity index (χ1) is 9.52. The number of hydrogen-bond donors (Lipinski definition) is 2. The van der Waals surface area contributed by atoms with E-state index in [1.807, 2.05) is 13.0 Å². The van der Waals surface area contributed by atoms with Crippen LogP contribution >= 0.6 is 23.4 Å². The maximum absolute atomic E-state index is 10.7. The second-order valence-corrected chi connectivity index (χ2v) is 5.38. The molecule has 1 heterocycles. The molecule has 0 bridgehead atoms. The minimum Gasteiger partial charge on any atom is -0.481 e. The van der Waals surface area contributed by atoms with Crippen LogP contribution in [0.1, 0.15) is 11.4 Å². The fourth-order valence-electron chi connectivity index (χ4n) is 1.69. The predicted octanol–water partition coefficient (Wildman–Crippen LogP) is 1.90. The summed E-state index contributed by atoms with van der Waals surface area (Å²) in [7, 11) is 0. The average Bonchev–Trinajstić information content (AvgIpc) is 2.82. The molecule has 0 unspecified atom stereocenters. The van der Waals surface area contributed by atoms with E-state index in [9.17, 15) is 9.90 Å². The van der Waals surface area contributed by atoms with Gasteiger partial charge in [-0.1, -0.05) is 29.4 Å². The van der Waals surface area contributed by atoms with Crippen LogP contribution in [0.3, 0.4) is 0 Å². The molecule has 2 N–H and O–H groups in total. The van der Waals surface area contributed by atoms with Crippen LogP contribution in [-0.4, -0.2) is 36.7 Å². The molecule has 0 amide bonds. The molecule has 1 aromatic heterocycles. The first-order valence-electron chi connectivity index (χ1n) is 5.69. The standard InChI is InChI=1S/C12H12ClN3O3S/c1-7-2-3-8(13)4-9(7)16-10(5-17)14-15-12(16)20-6-11(18)19/h2-4,17H,5-6H2,1H3,(H,18,19). The lowest BCUT2D eigenvalue weighted by Crippen LogP contribution is -2.06. The number of carbonyl (C=O) groups is 1. The zero-order valence-electron chi connectivity index (χ0n) is 10.6. The number of carboxylic acid groups (broad SMARTS) is 1. The number of nitrogens with zero attached hydrogens (tertiary/aromatic N) is 3. The van der Waals surface area contributed by atoms with E-state index in [-0.39, 0.29) is 12.4 Å². The Labute approximate surface area is 124 Å². The summed E-state index contributed by atoms with van der Waals surface area (Å²) in [6, 6.07) is 5.32. The third-order valence-corrected chi connectivity index (χ3v) is 3.73. The quantitative estimate of drug-likeness (QED) is 0.820. The number of aliphatic hydroxyl groups is 1. The monoisotopic (exact) mass is 313 g/mol. The summed E-state index contributed by atoms with van der Waals surface area (Å²) in [5.74, 6) is -0.746. The fourth-order valence-corrected chi connectivity index (χ4v) is 2.54. The lowest BCUT2D eigenvalue weighted by molar-refractivity contribution is -0.133. The summed E-state index contributed by atoms with van der Waals surface area (Å²) in [4.78, 5) is 10.7. The van der Waals surface area contributed by atoms with Crippen molar-refractivity contribution in [1.82, 2.24) is 14.8 Å². The van der Waals surface area contributed by atoms with Crippen molar-refractivity contribution in [3.8, 4) is 5.69 Å². The molecule has 0 saturated carbocycles. The van der Waals surface area contributed by atoms with Crippen LogP contribution in [0.4, 0.5) is 0 Å². The maximum atomic E-state index is 10.7. The van der Waals surface area contributed by atoms with E-state index < -0.39 is 5.97 Å². The summed E-state index contributed by atoms with van der Waals surface area (Å²) in [6.07, 6.45) is 0. The lowest BCUT2D eigenvalue weighted by atomic mass is 10.2. The van der Waals surface area contributed by atoms with E-state index in [2.05, 4.69) is 10.2 Å². The van der Waals surface area contributed by atoms with Crippen molar-refractivity contribution < 1.29 is 15.0 Å². The molecule has 2 aromatic rings. The molecule has 0 aliphatic rings. The van der Waals surface area contributed by atoms with Crippen LogP contribution < -0.4 is 0 Å². The Morgan fingerprint density at radius 1 is 1.45 bits per heavy atom. The lowest BCUT2D eigenvalue weighted by Gasteiger charge is -2.11. The van der Waals surface area contributed by atoms with Crippen LogP contribution in [0.5, 0.6) is 0 Å². The van der Waals surface area contributed by atoms with E-state index in [0.29, 0.717) is 16.0 Å². The van der Waals surface area contributed by atoms with Crippen molar-refractivity contribution in [2.75, 3.05) is 5.75 Å². The molecule has 0 saturated heterocycles. The van der Waals surface area contributed by atoms with Gasteiger partial charge in [0.05, 0.1) is 11.4 Å². The summed E-state index contributed by atoms with van der Waals surface area (Å²) < 4.78 is 1.62. The van der Waals surface area contributed by atoms with E-state index in [0.717, 1.165) is 23.0 Å². The Morgan fingerprint density at radius 2 is 2.20 bits per heavy atom. The fraction of sp³-hybridized carbons (Fsp3) is 0.250. The number of benzene rings is 1. The van der Waals surface area contributed by atoms with E-state index in [1.54, 1.807) is 16.7 Å². The number of aromatic nitrogens is 3. The highest BCUT2D eigenvalue weighted by Crippen LogP contribution is 2.26. The SMILES string of the molecule is Cc1ccc(Cl)cc1-n1c(CO)nnc1SCC(=O)O. The van der Waals surface area contributed by atoms with Crippen molar-refractivity contribution in [2.24, 2.45) is 0 Å². The van der Waals surface area contributed by atoms with Gasteiger partial charge in [-0.2, -0.15) is 0 Å². The number of halogens is 1. The molecular formula is C12H12ClN3O3S. The topological polar surface area (TPSA) is 88.2 Å². The highest BCUT2D eigenvalue weighted by atomic mass is 35.5. The number of aryl methyl sites for hydroxylation is 1. The molecule has 8 heteroatoms. The summed E-state index contributed by atoms with van der Waals surface area (Å²) in [5.41, 5.74) is 1.64. The third kappa shape index (κ3) is 3.12. The number of aliphatic carboxylic acids is 1. The Bertz CT molecular complexity index is 645. The van der Waals surface area contributed by atoms with Gasteiger partial charge >= 0.3 is 5.97 Å². The predicted molar refractivity (Wildman–Crippen MR) is 75.4 cm³/mol. The highest BCUT2D eigenvalue weighted by molar-refractivity contribution is 7.99. The summed E-state index contributed by atoms with van der Waals surface area (Å²) >= 11 is 7.03. The molecule has 106 valence electrons. The van der Waals surface area contributed by atoms with Gasteiger partial charge < -0.3 is 10.2 Å². The number of thioether (sulfide) groups is 1. The van der Waals surface area contributed by atoms with Gasteiger partial charge in [0.1, 0.15) is 6.61 Å². The smallest absolute Gasteiger partial charge is 0.313 e. The molecule has 0 fully saturated rings. The zero-order chi connectivity index (χ0) is 14.7. The van der Waals surface area contributed by atoms with E-state index in [1.165, 1.54) is 0 Å². The van der Waals surface area contributed by atoms with Gasteiger partial charge in [0.25, 0.3) is 0 Å². The highest BCUT2D eigenvalue weighted by Gasteiger charge is 2.16. The molecule has 0 atom stereocenters. The van der Waals surface area contributed by atoms with E-state index in [4.69, 9.17) is 16.7 Å². The van der Waals surface area contributed by atoms with Crippen LogP contribution in [-0.2, 0) is 11.4 Å². The molecule has 0 aliphatic heterocycles. The minimum absolute atomic E-state index is 0.136. The summed E-state index contributed by atoms with van der Waals surface area (Å²) in [5, 5.41) is 26.8. The first kappa shape index (κ1) is 14.8. The molecule has 0 spiro atoms. The average molecular weight is 314 g/mol. The molecule has 2 rings (SSSR count). The van der Waals surface area contributed by atoms with Crippen LogP contribution in [0, 0.1) is 6.92 Å². The molecule has 1 aromatic carbocycles. The third-order valence-electron chi connectivity index (χ3n) is 2.58. The first-order valence-corrected chi connectivity index (χ1v) is 7.05. The molecule has 20 heavy (non-hydrogen) atoms. The normalized spacial score (nSPS) is 10.8. The largest absolute Gasteiger partial charge is 0.481 e. The Hall–Kier alpha value is -1.57. The van der Waals surface area contributed by atoms with Crippen LogP contribution in [0.15, 0.2) is 23.4 Å².